The SMILES string of the molecule is Cl.FC(F)(F)c1ccc(CNC2CCCC2C2COCCN2)cc1. The van der Waals surface area contributed by atoms with Crippen molar-refractivity contribution in [2.24, 2.45) is 5.92 Å². The first-order valence-electron chi connectivity index (χ1n) is 8.25. The molecular weight excluding hydrogens is 341 g/mol. The number of hydrogen-bond acceptors (Lipinski definition) is 3. The molecule has 24 heavy (non-hydrogen) atoms. The van der Waals surface area contributed by atoms with Crippen LogP contribution in [-0.4, -0.2) is 31.8 Å². The monoisotopic (exact) mass is 364 g/mol. The van der Waals surface area contributed by atoms with Crippen LogP contribution in [0.1, 0.15) is 30.4 Å². The summed E-state index contributed by atoms with van der Waals surface area (Å²) >= 11 is 0. The lowest BCUT2D eigenvalue weighted by molar-refractivity contribution is -0.137. The van der Waals surface area contributed by atoms with Crippen LogP contribution >= 0.6 is 12.4 Å². The van der Waals surface area contributed by atoms with Crippen molar-refractivity contribution in [1.29, 1.82) is 0 Å². The Balaban J connectivity index is 0.00000208. The Morgan fingerprint density at radius 2 is 1.92 bits per heavy atom. The quantitative estimate of drug-likeness (QED) is 0.859. The molecule has 7 heteroatoms. The molecule has 2 fully saturated rings. The second kappa shape index (κ2) is 8.52. The molecular formula is C17H24ClF3N2O. The summed E-state index contributed by atoms with van der Waals surface area (Å²) in [4.78, 5) is 0. The van der Waals surface area contributed by atoms with Gasteiger partial charge in [-0.3, -0.25) is 0 Å². The van der Waals surface area contributed by atoms with E-state index in [1.54, 1.807) is 12.1 Å². The molecule has 3 nitrogen and oxygen atoms in total. The van der Waals surface area contributed by atoms with Crippen LogP contribution in [0.5, 0.6) is 0 Å². The minimum Gasteiger partial charge on any atom is -0.379 e. The van der Waals surface area contributed by atoms with E-state index >= 15 is 0 Å². The summed E-state index contributed by atoms with van der Waals surface area (Å²) in [5.74, 6) is 0.532. The number of rotatable bonds is 4. The smallest absolute Gasteiger partial charge is 0.379 e. The van der Waals surface area contributed by atoms with Gasteiger partial charge in [0.15, 0.2) is 0 Å². The zero-order valence-electron chi connectivity index (χ0n) is 13.4. The van der Waals surface area contributed by atoms with Gasteiger partial charge in [0.05, 0.1) is 18.8 Å². The summed E-state index contributed by atoms with van der Waals surface area (Å²) < 4.78 is 43.3. The Morgan fingerprint density at radius 1 is 1.17 bits per heavy atom. The fourth-order valence-electron chi connectivity index (χ4n) is 3.64. The van der Waals surface area contributed by atoms with Gasteiger partial charge < -0.3 is 15.4 Å². The maximum absolute atomic E-state index is 12.6. The average molecular weight is 365 g/mol. The van der Waals surface area contributed by atoms with E-state index in [0.29, 0.717) is 24.5 Å². The molecule has 0 spiro atoms. The number of hydrogen-bond donors (Lipinski definition) is 2. The van der Waals surface area contributed by atoms with Crippen LogP contribution in [0.2, 0.25) is 0 Å². The maximum atomic E-state index is 12.6. The van der Waals surface area contributed by atoms with Crippen molar-refractivity contribution in [1.82, 2.24) is 10.6 Å². The van der Waals surface area contributed by atoms with E-state index in [4.69, 9.17) is 4.74 Å². The molecule has 0 amide bonds. The predicted molar refractivity (Wildman–Crippen MR) is 89.3 cm³/mol. The summed E-state index contributed by atoms with van der Waals surface area (Å²) in [6.07, 6.45) is -0.794. The van der Waals surface area contributed by atoms with Crippen molar-refractivity contribution in [3.8, 4) is 0 Å². The Kier molecular flexibility index (Phi) is 6.92. The molecule has 3 unspecified atom stereocenters. The van der Waals surface area contributed by atoms with E-state index in [1.165, 1.54) is 12.8 Å². The highest BCUT2D eigenvalue weighted by Gasteiger charge is 2.34. The second-order valence-corrected chi connectivity index (χ2v) is 6.41. The zero-order valence-corrected chi connectivity index (χ0v) is 14.3. The lowest BCUT2D eigenvalue weighted by atomic mass is 9.94. The van der Waals surface area contributed by atoms with E-state index in [0.717, 1.165) is 43.9 Å². The first kappa shape index (κ1) is 19.5. The van der Waals surface area contributed by atoms with Crippen LogP contribution < -0.4 is 10.6 Å². The number of ether oxygens (including phenoxy) is 1. The van der Waals surface area contributed by atoms with Gasteiger partial charge in [0.25, 0.3) is 0 Å². The summed E-state index contributed by atoms with van der Waals surface area (Å²) in [6.45, 7) is 3.02. The normalized spacial score (nSPS) is 27.7. The molecule has 1 aromatic rings. The minimum atomic E-state index is -4.27. The molecule has 3 atom stereocenters. The molecule has 0 aromatic heterocycles. The third-order valence-electron chi connectivity index (χ3n) is 4.89. The largest absolute Gasteiger partial charge is 0.416 e. The fraction of sp³-hybridized carbons (Fsp3) is 0.647. The lowest BCUT2D eigenvalue weighted by Gasteiger charge is -2.33. The lowest BCUT2D eigenvalue weighted by Crippen LogP contribution is -2.50. The maximum Gasteiger partial charge on any atom is 0.416 e. The van der Waals surface area contributed by atoms with Gasteiger partial charge >= 0.3 is 6.18 Å². The van der Waals surface area contributed by atoms with Crippen LogP contribution in [0.3, 0.4) is 0 Å². The molecule has 2 aliphatic rings. The van der Waals surface area contributed by atoms with E-state index in [1.807, 2.05) is 0 Å². The van der Waals surface area contributed by atoms with Crippen molar-refractivity contribution < 1.29 is 17.9 Å². The number of halogens is 4. The molecule has 3 rings (SSSR count). The van der Waals surface area contributed by atoms with Crippen molar-refractivity contribution >= 4 is 12.4 Å². The van der Waals surface area contributed by atoms with Gasteiger partial charge in [-0.1, -0.05) is 18.6 Å². The Bertz CT molecular complexity index is 504. The molecule has 1 heterocycles. The number of morpholine rings is 1. The van der Waals surface area contributed by atoms with E-state index in [9.17, 15) is 13.2 Å². The van der Waals surface area contributed by atoms with Crippen LogP contribution in [0, 0.1) is 5.92 Å². The van der Waals surface area contributed by atoms with Crippen molar-refractivity contribution in [2.45, 2.75) is 44.1 Å². The van der Waals surface area contributed by atoms with Crippen LogP contribution in [-0.2, 0) is 17.5 Å². The number of benzene rings is 1. The van der Waals surface area contributed by atoms with Crippen molar-refractivity contribution in [2.75, 3.05) is 19.8 Å². The fourth-order valence-corrected chi connectivity index (χ4v) is 3.64. The van der Waals surface area contributed by atoms with Gasteiger partial charge in [-0.15, -0.1) is 12.4 Å². The van der Waals surface area contributed by atoms with Gasteiger partial charge in [-0.05, 0) is 36.5 Å². The molecule has 2 N–H and O–H groups in total. The predicted octanol–water partition coefficient (Wildman–Crippen LogP) is 3.37. The van der Waals surface area contributed by atoms with E-state index in [-0.39, 0.29) is 12.4 Å². The Hall–Kier alpha value is -0.820. The first-order chi connectivity index (χ1) is 11.0. The summed E-state index contributed by atoms with van der Waals surface area (Å²) in [7, 11) is 0. The molecule has 1 aliphatic heterocycles. The number of nitrogens with one attached hydrogen (secondary N) is 2. The Labute approximate surface area is 146 Å². The van der Waals surface area contributed by atoms with Gasteiger partial charge in [0, 0.05) is 25.2 Å². The Morgan fingerprint density at radius 3 is 2.54 bits per heavy atom. The third-order valence-corrected chi connectivity index (χ3v) is 4.89. The standard InChI is InChI=1S/C17H23F3N2O.ClH/c18-17(19,20)13-6-4-12(5-7-13)10-22-15-3-1-2-14(15)16-11-23-9-8-21-16;/h4-7,14-16,21-22H,1-3,8-11H2;1H. The van der Waals surface area contributed by atoms with Crippen LogP contribution in [0.25, 0.3) is 0 Å². The van der Waals surface area contributed by atoms with Gasteiger partial charge in [0.2, 0.25) is 0 Å². The highest BCUT2D eigenvalue weighted by molar-refractivity contribution is 5.85. The molecule has 1 saturated carbocycles. The highest BCUT2D eigenvalue weighted by Crippen LogP contribution is 2.31. The van der Waals surface area contributed by atoms with E-state index in [2.05, 4.69) is 10.6 Å². The first-order valence-corrected chi connectivity index (χ1v) is 8.25. The van der Waals surface area contributed by atoms with Crippen LogP contribution in [0.15, 0.2) is 24.3 Å². The zero-order chi connectivity index (χ0) is 16.3. The molecule has 1 aliphatic carbocycles. The summed E-state index contributed by atoms with van der Waals surface area (Å²) in [6, 6.07) is 6.20. The summed E-state index contributed by atoms with van der Waals surface area (Å²) in [5, 5.41) is 7.05. The minimum absolute atomic E-state index is 0. The molecule has 0 bridgehead atoms. The summed E-state index contributed by atoms with van der Waals surface area (Å²) in [5.41, 5.74) is 0.292. The second-order valence-electron chi connectivity index (χ2n) is 6.41. The molecule has 1 aromatic carbocycles. The average Bonchev–Trinajstić information content (AvgIpc) is 3.02. The number of alkyl halides is 3. The third kappa shape index (κ3) is 4.85. The van der Waals surface area contributed by atoms with E-state index < -0.39 is 11.7 Å². The highest BCUT2D eigenvalue weighted by atomic mass is 35.5. The molecule has 1 saturated heterocycles. The van der Waals surface area contributed by atoms with Crippen molar-refractivity contribution in [3.05, 3.63) is 35.4 Å². The van der Waals surface area contributed by atoms with Crippen molar-refractivity contribution in [3.63, 3.8) is 0 Å². The van der Waals surface area contributed by atoms with Gasteiger partial charge in [-0.25, -0.2) is 0 Å². The molecule has 0 radical (unpaired) electrons. The van der Waals surface area contributed by atoms with Crippen LogP contribution in [0.4, 0.5) is 13.2 Å². The van der Waals surface area contributed by atoms with Gasteiger partial charge in [-0.2, -0.15) is 13.2 Å². The molecule has 136 valence electrons. The topological polar surface area (TPSA) is 33.3 Å². The van der Waals surface area contributed by atoms with Gasteiger partial charge in [0.1, 0.15) is 0 Å².